The minimum atomic E-state index is -1.70. The molecule has 4 nitrogen and oxygen atoms in total. The normalized spacial score (nSPS) is 12.6. The van der Waals surface area contributed by atoms with E-state index in [1.54, 1.807) is 0 Å². The van der Waals surface area contributed by atoms with Gasteiger partial charge in [-0.1, -0.05) is 102 Å². The lowest BCUT2D eigenvalue weighted by Gasteiger charge is -2.04. The highest BCUT2D eigenvalue weighted by molar-refractivity contribution is 6.85. The van der Waals surface area contributed by atoms with E-state index in [2.05, 4.69) is 183 Å². The van der Waals surface area contributed by atoms with E-state index in [0.717, 1.165) is 67.1 Å². The number of H-pyrrole nitrogens is 2. The maximum absolute atomic E-state index is 5.19. The Morgan fingerprint density at radius 1 is 0.375 bits per heavy atom. The van der Waals surface area contributed by atoms with E-state index in [0.29, 0.717) is 0 Å². The summed E-state index contributed by atoms with van der Waals surface area (Å²) < 4.78 is 0. The minimum Gasteiger partial charge on any atom is -0.353 e. The Bertz CT molecular complexity index is 2160. The lowest BCUT2D eigenvalue weighted by molar-refractivity contribution is 1.25. The highest BCUT2D eigenvalue weighted by Gasteiger charge is 2.18. The van der Waals surface area contributed by atoms with Crippen LogP contribution in [0.1, 0.15) is 45.0 Å². The number of hydrogen-bond donors (Lipinski definition) is 2. The standard InChI is InChI=1S/C40H46N4Si4/c1-45(2,3)25-21-29-33-13-15-35(41-33)30(22-26-46(4,5)6)37-17-19-39(43-37)32(24-28-48(10,11)12)40-20-18-38(44-40)31(23-27-47(7,8)9)36-16-14-34(29)42-36/h13-20,41-42H,1-12H3. The molecule has 242 valence electrons. The van der Waals surface area contributed by atoms with E-state index in [1.807, 2.05) is 0 Å². The van der Waals surface area contributed by atoms with Gasteiger partial charge in [0, 0.05) is 0 Å². The van der Waals surface area contributed by atoms with Gasteiger partial charge in [-0.15, -0.1) is 22.2 Å². The van der Waals surface area contributed by atoms with Gasteiger partial charge >= 0.3 is 0 Å². The second kappa shape index (κ2) is 13.0. The van der Waals surface area contributed by atoms with Gasteiger partial charge in [0.1, 0.15) is 32.3 Å². The average molecular weight is 695 g/mol. The van der Waals surface area contributed by atoms with Gasteiger partial charge < -0.3 is 9.97 Å². The van der Waals surface area contributed by atoms with Crippen LogP contribution in [-0.2, 0) is 0 Å². The zero-order valence-corrected chi connectivity index (χ0v) is 34.5. The fourth-order valence-corrected chi connectivity index (χ4v) is 6.73. The summed E-state index contributed by atoms with van der Waals surface area (Å²) in [5.41, 5.74) is 24.8. The van der Waals surface area contributed by atoms with Crippen molar-refractivity contribution in [2.24, 2.45) is 0 Å². The predicted molar refractivity (Wildman–Crippen MR) is 220 cm³/mol. The summed E-state index contributed by atoms with van der Waals surface area (Å²) in [4.78, 5) is 17.8. The van der Waals surface area contributed by atoms with Gasteiger partial charge in [-0.05, 0) is 48.6 Å². The van der Waals surface area contributed by atoms with Gasteiger partial charge in [-0.2, -0.15) is 0 Å². The van der Waals surface area contributed by atoms with Crippen molar-refractivity contribution in [3.63, 3.8) is 0 Å². The zero-order valence-electron chi connectivity index (χ0n) is 30.5. The Balaban J connectivity index is 2.03. The van der Waals surface area contributed by atoms with Gasteiger partial charge in [0.15, 0.2) is 0 Å². The summed E-state index contributed by atoms with van der Waals surface area (Å²) in [6, 6.07) is 8.43. The van der Waals surface area contributed by atoms with Crippen LogP contribution in [0, 0.1) is 45.9 Å². The van der Waals surface area contributed by atoms with Crippen molar-refractivity contribution in [2.45, 2.75) is 78.6 Å². The van der Waals surface area contributed by atoms with Crippen LogP contribution in [0.2, 0.25) is 78.6 Å². The molecule has 8 bridgehead atoms. The number of aromatic nitrogens is 4. The molecule has 5 rings (SSSR count). The molecule has 8 heteroatoms. The summed E-state index contributed by atoms with van der Waals surface area (Å²) in [6.07, 6.45) is 8.23. The van der Waals surface area contributed by atoms with Crippen molar-refractivity contribution in [1.82, 2.24) is 19.9 Å². The molecule has 0 fully saturated rings. The first-order chi connectivity index (χ1) is 22.2. The quantitative estimate of drug-likeness (QED) is 0.125. The first-order valence-corrected chi connectivity index (χ1v) is 30.5. The summed E-state index contributed by atoms with van der Waals surface area (Å²) in [5, 5.41) is 0. The maximum Gasteiger partial charge on any atom is 0.129 e. The monoisotopic (exact) mass is 694 g/mol. The minimum absolute atomic E-state index is 0.803. The van der Waals surface area contributed by atoms with Gasteiger partial charge in [0.2, 0.25) is 0 Å². The number of hydrogen-bond acceptors (Lipinski definition) is 2. The van der Waals surface area contributed by atoms with E-state index in [-0.39, 0.29) is 0 Å². The van der Waals surface area contributed by atoms with Crippen molar-refractivity contribution >= 4 is 78.7 Å². The molecule has 0 radical (unpaired) electrons. The topological polar surface area (TPSA) is 57.4 Å². The summed E-state index contributed by atoms with van der Waals surface area (Å²) in [5.74, 6) is 14.2. The lowest BCUT2D eigenvalue weighted by atomic mass is 10.1. The highest BCUT2D eigenvalue weighted by atomic mass is 28.3. The number of nitrogens with one attached hydrogen (secondary N) is 2. The molecule has 2 aliphatic heterocycles. The molecule has 0 spiro atoms. The van der Waals surface area contributed by atoms with Crippen LogP contribution < -0.4 is 0 Å². The van der Waals surface area contributed by atoms with Crippen LogP contribution >= 0.6 is 0 Å². The first-order valence-electron chi connectivity index (χ1n) is 16.5. The van der Waals surface area contributed by atoms with E-state index >= 15 is 0 Å². The van der Waals surface area contributed by atoms with Gasteiger partial charge in [0.25, 0.3) is 0 Å². The SMILES string of the molecule is C[Si](C)(C)C#Cc1c2nc(c(C#C[Si](C)(C)C)c3ccc([nH]3)c(C#C[Si](C)(C)C)c3ccc([nH]3)c(C#C[Si](C)(C)C)c3nc1C=C3)C=C2. The third-order valence-corrected chi connectivity index (χ3v) is 10.5. The molecule has 3 aromatic heterocycles. The molecule has 2 aliphatic rings. The summed E-state index contributed by atoms with van der Waals surface area (Å²) in [6.45, 7) is 27.1. The summed E-state index contributed by atoms with van der Waals surface area (Å²) in [7, 11) is -6.77. The van der Waals surface area contributed by atoms with E-state index < -0.39 is 32.3 Å². The molecule has 0 saturated heterocycles. The first kappa shape index (κ1) is 35.0. The van der Waals surface area contributed by atoms with E-state index in [4.69, 9.17) is 9.97 Å². The molecule has 0 saturated carbocycles. The Morgan fingerprint density at radius 2 is 0.625 bits per heavy atom. The molecule has 48 heavy (non-hydrogen) atoms. The Labute approximate surface area is 291 Å². The molecular weight excluding hydrogens is 649 g/mol. The van der Waals surface area contributed by atoms with Crippen LogP contribution in [0.15, 0.2) is 24.3 Å². The second-order valence-corrected chi connectivity index (χ2v) is 35.5. The van der Waals surface area contributed by atoms with E-state index in [1.165, 1.54) is 0 Å². The summed E-state index contributed by atoms with van der Waals surface area (Å²) >= 11 is 0. The smallest absolute Gasteiger partial charge is 0.129 e. The fraction of sp³-hybridized carbons (Fsp3) is 0.300. The van der Waals surface area contributed by atoms with Crippen LogP contribution in [0.25, 0.3) is 46.4 Å². The Hall–Kier alpha value is -4.29. The average Bonchev–Trinajstić information content (AvgIpc) is 3.76. The fourth-order valence-electron chi connectivity index (χ4n) is 4.73. The molecule has 2 N–H and O–H groups in total. The Morgan fingerprint density at radius 3 is 0.938 bits per heavy atom. The van der Waals surface area contributed by atoms with E-state index in [9.17, 15) is 0 Å². The van der Waals surface area contributed by atoms with Crippen molar-refractivity contribution in [3.05, 3.63) is 69.3 Å². The molecule has 0 atom stereocenters. The predicted octanol–water partition coefficient (Wildman–Crippen LogP) is 9.57. The number of rotatable bonds is 0. The van der Waals surface area contributed by atoms with Crippen molar-refractivity contribution < 1.29 is 0 Å². The molecular formula is C40H46N4Si4. The molecule has 0 unspecified atom stereocenters. The third kappa shape index (κ3) is 8.98. The van der Waals surface area contributed by atoms with Crippen molar-refractivity contribution in [3.8, 4) is 45.9 Å². The van der Waals surface area contributed by atoms with Crippen molar-refractivity contribution in [1.29, 1.82) is 0 Å². The van der Waals surface area contributed by atoms with Gasteiger partial charge in [-0.25, -0.2) is 9.97 Å². The lowest BCUT2D eigenvalue weighted by Crippen LogP contribution is -2.16. The molecule has 3 aromatic rings. The second-order valence-electron chi connectivity index (χ2n) is 16.5. The number of fused-ring (bicyclic) bond motifs is 8. The Kier molecular flexibility index (Phi) is 9.46. The molecule has 5 heterocycles. The molecule has 0 amide bonds. The van der Waals surface area contributed by atoms with Crippen LogP contribution in [0.5, 0.6) is 0 Å². The maximum atomic E-state index is 5.19. The van der Waals surface area contributed by atoms with Gasteiger partial charge in [0.05, 0.1) is 67.1 Å². The van der Waals surface area contributed by atoms with Gasteiger partial charge in [-0.3, -0.25) is 0 Å². The van der Waals surface area contributed by atoms with Crippen LogP contribution in [-0.4, -0.2) is 52.2 Å². The largest absolute Gasteiger partial charge is 0.353 e. The third-order valence-electron chi connectivity index (χ3n) is 7.00. The molecule has 0 aliphatic carbocycles. The number of nitrogens with zero attached hydrogens (tertiary/aromatic N) is 2. The van der Waals surface area contributed by atoms with Crippen LogP contribution in [0.4, 0.5) is 0 Å². The number of aromatic amines is 2. The van der Waals surface area contributed by atoms with Crippen LogP contribution in [0.3, 0.4) is 0 Å². The zero-order chi connectivity index (χ0) is 35.1. The molecule has 0 aromatic carbocycles. The highest BCUT2D eigenvalue weighted by Crippen LogP contribution is 2.27. The van der Waals surface area contributed by atoms with Crippen molar-refractivity contribution in [2.75, 3.05) is 0 Å².